The average Bonchev–Trinajstić information content (AvgIpc) is 2.94. The smallest absolute Gasteiger partial charge is 0.282 e. The Morgan fingerprint density at radius 1 is 1.20 bits per heavy atom. The summed E-state index contributed by atoms with van der Waals surface area (Å²) >= 11 is 0. The van der Waals surface area contributed by atoms with Crippen LogP contribution in [0.3, 0.4) is 0 Å². The molecule has 118 valence electrons. The minimum Gasteiger partial charge on any atom is -0.327 e. The van der Waals surface area contributed by atoms with E-state index in [1.807, 2.05) is 0 Å². The Bertz CT molecular complexity index is 468. The monoisotopic (exact) mass is 323 g/mol. The molecule has 3 fully saturated rings. The topological polar surface area (TPSA) is 66.6 Å². The Kier molecular flexibility index (Phi) is 4.45. The molecule has 0 aromatic heterocycles. The van der Waals surface area contributed by atoms with Crippen LogP contribution < -0.4 is 5.73 Å². The lowest BCUT2D eigenvalue weighted by Crippen LogP contribution is -2.57. The Balaban J connectivity index is 0.00000147. The lowest BCUT2D eigenvalue weighted by Gasteiger charge is -2.43. The van der Waals surface area contributed by atoms with Gasteiger partial charge in [0, 0.05) is 31.7 Å². The SMILES string of the molecule is CC1(C)CN(S(=O)(=O)N2CC3CCC2C3)CCC1N.Cl. The number of piperidine rings is 2. The highest BCUT2D eigenvalue weighted by atomic mass is 35.5. The van der Waals surface area contributed by atoms with Crippen LogP contribution in [0.25, 0.3) is 0 Å². The summed E-state index contributed by atoms with van der Waals surface area (Å²) in [5, 5.41) is 0. The van der Waals surface area contributed by atoms with Crippen LogP contribution in [-0.4, -0.2) is 48.7 Å². The predicted molar refractivity (Wildman–Crippen MR) is 81.9 cm³/mol. The van der Waals surface area contributed by atoms with E-state index in [0.29, 0.717) is 19.0 Å². The summed E-state index contributed by atoms with van der Waals surface area (Å²) in [6, 6.07) is 0.350. The molecule has 3 aliphatic rings. The fourth-order valence-corrected chi connectivity index (χ4v) is 5.93. The third kappa shape index (κ3) is 2.61. The summed E-state index contributed by atoms with van der Waals surface area (Å²) < 4.78 is 29.0. The van der Waals surface area contributed by atoms with Gasteiger partial charge in [-0.15, -0.1) is 12.4 Å². The van der Waals surface area contributed by atoms with Crippen LogP contribution in [0.1, 0.15) is 39.5 Å². The van der Waals surface area contributed by atoms with Crippen molar-refractivity contribution in [2.75, 3.05) is 19.6 Å². The summed E-state index contributed by atoms with van der Waals surface area (Å²) in [4.78, 5) is 0. The van der Waals surface area contributed by atoms with Crippen molar-refractivity contribution in [2.24, 2.45) is 17.1 Å². The molecule has 2 heterocycles. The standard InChI is InChI=1S/C13H25N3O2S.ClH/c1-13(2)9-15(6-5-12(13)14)19(17,18)16-8-10-3-4-11(16)7-10;/h10-12H,3-9,14H2,1-2H3;1H. The van der Waals surface area contributed by atoms with Gasteiger partial charge in [0.05, 0.1) is 0 Å². The fraction of sp³-hybridized carbons (Fsp3) is 1.00. The van der Waals surface area contributed by atoms with Crippen molar-refractivity contribution in [3.05, 3.63) is 0 Å². The Morgan fingerprint density at radius 3 is 2.40 bits per heavy atom. The zero-order valence-electron chi connectivity index (χ0n) is 12.3. The molecule has 3 atom stereocenters. The molecule has 3 unspecified atom stereocenters. The Hall–Kier alpha value is 0.120. The number of fused-ring (bicyclic) bond motifs is 2. The Labute approximate surface area is 128 Å². The maximum atomic E-state index is 12.8. The zero-order valence-corrected chi connectivity index (χ0v) is 13.9. The van der Waals surface area contributed by atoms with Crippen molar-refractivity contribution < 1.29 is 8.42 Å². The van der Waals surface area contributed by atoms with Gasteiger partial charge in [0.2, 0.25) is 0 Å². The van der Waals surface area contributed by atoms with Crippen molar-refractivity contribution in [3.8, 4) is 0 Å². The largest absolute Gasteiger partial charge is 0.327 e. The van der Waals surface area contributed by atoms with Crippen LogP contribution in [0.4, 0.5) is 0 Å². The van der Waals surface area contributed by atoms with E-state index in [0.717, 1.165) is 25.8 Å². The van der Waals surface area contributed by atoms with Gasteiger partial charge >= 0.3 is 0 Å². The van der Waals surface area contributed by atoms with Crippen LogP contribution in [0.15, 0.2) is 0 Å². The first-order valence-electron chi connectivity index (χ1n) is 7.33. The molecular formula is C13H26ClN3O2S. The van der Waals surface area contributed by atoms with Gasteiger partial charge in [-0.2, -0.15) is 17.0 Å². The third-order valence-corrected chi connectivity index (χ3v) is 7.26. The summed E-state index contributed by atoms with van der Waals surface area (Å²) in [7, 11) is -3.28. The second-order valence-corrected chi connectivity index (χ2v) is 9.01. The molecule has 7 heteroatoms. The van der Waals surface area contributed by atoms with Crippen LogP contribution >= 0.6 is 12.4 Å². The van der Waals surface area contributed by atoms with Crippen LogP contribution in [0, 0.1) is 11.3 Å². The quantitative estimate of drug-likeness (QED) is 0.830. The highest BCUT2D eigenvalue weighted by Gasteiger charge is 2.48. The normalized spacial score (nSPS) is 37.9. The number of nitrogens with zero attached hydrogens (tertiary/aromatic N) is 2. The van der Waals surface area contributed by atoms with Crippen molar-refractivity contribution in [3.63, 3.8) is 0 Å². The van der Waals surface area contributed by atoms with Gasteiger partial charge in [0.25, 0.3) is 10.2 Å². The van der Waals surface area contributed by atoms with E-state index in [-0.39, 0.29) is 29.9 Å². The maximum absolute atomic E-state index is 12.8. The second kappa shape index (κ2) is 5.39. The van der Waals surface area contributed by atoms with Gasteiger partial charge in [-0.3, -0.25) is 0 Å². The summed E-state index contributed by atoms with van der Waals surface area (Å²) in [6.07, 6.45) is 4.07. The van der Waals surface area contributed by atoms with Gasteiger partial charge in [-0.1, -0.05) is 13.8 Å². The first-order valence-corrected chi connectivity index (χ1v) is 8.73. The predicted octanol–water partition coefficient (Wildman–Crippen LogP) is 1.20. The molecule has 0 amide bonds. The maximum Gasteiger partial charge on any atom is 0.282 e. The van der Waals surface area contributed by atoms with Gasteiger partial charge in [-0.05, 0) is 37.0 Å². The lowest BCUT2D eigenvalue weighted by atomic mass is 9.81. The molecule has 0 radical (unpaired) electrons. The molecule has 2 bridgehead atoms. The number of nitrogens with two attached hydrogens (primary N) is 1. The number of rotatable bonds is 2. The number of hydrogen-bond donors (Lipinski definition) is 1. The average molecular weight is 324 g/mol. The van der Waals surface area contributed by atoms with Crippen LogP contribution in [0.2, 0.25) is 0 Å². The molecular weight excluding hydrogens is 298 g/mol. The molecule has 0 aromatic carbocycles. The number of halogens is 1. The number of hydrogen-bond acceptors (Lipinski definition) is 3. The van der Waals surface area contributed by atoms with E-state index >= 15 is 0 Å². The van der Waals surface area contributed by atoms with E-state index in [9.17, 15) is 8.42 Å². The molecule has 2 aliphatic heterocycles. The van der Waals surface area contributed by atoms with Crippen molar-refractivity contribution >= 4 is 22.6 Å². The fourth-order valence-electron chi connectivity index (χ4n) is 3.83. The zero-order chi connectivity index (χ0) is 13.8. The van der Waals surface area contributed by atoms with E-state index in [1.54, 1.807) is 8.61 Å². The molecule has 2 saturated heterocycles. The minimum absolute atomic E-state index is 0. The van der Waals surface area contributed by atoms with Crippen molar-refractivity contribution in [2.45, 2.75) is 51.6 Å². The van der Waals surface area contributed by atoms with Gasteiger partial charge in [0.15, 0.2) is 0 Å². The lowest BCUT2D eigenvalue weighted by molar-refractivity contribution is 0.146. The second-order valence-electron chi connectivity index (χ2n) is 7.13. The highest BCUT2D eigenvalue weighted by molar-refractivity contribution is 7.86. The van der Waals surface area contributed by atoms with E-state index in [4.69, 9.17) is 5.73 Å². The van der Waals surface area contributed by atoms with Crippen molar-refractivity contribution in [1.82, 2.24) is 8.61 Å². The van der Waals surface area contributed by atoms with E-state index < -0.39 is 10.2 Å². The summed E-state index contributed by atoms with van der Waals surface area (Å²) in [5.41, 5.74) is 5.96. The third-order valence-electron chi connectivity index (χ3n) is 5.26. The Morgan fingerprint density at radius 2 is 1.90 bits per heavy atom. The molecule has 20 heavy (non-hydrogen) atoms. The first kappa shape index (κ1) is 16.5. The molecule has 0 spiro atoms. The molecule has 2 N–H and O–H groups in total. The first-order chi connectivity index (χ1) is 8.80. The van der Waals surface area contributed by atoms with E-state index in [2.05, 4.69) is 13.8 Å². The molecule has 1 saturated carbocycles. The molecule has 3 rings (SSSR count). The van der Waals surface area contributed by atoms with Crippen LogP contribution in [0.5, 0.6) is 0 Å². The summed E-state index contributed by atoms with van der Waals surface area (Å²) in [6.45, 7) is 5.98. The van der Waals surface area contributed by atoms with Crippen molar-refractivity contribution in [1.29, 1.82) is 0 Å². The van der Waals surface area contributed by atoms with E-state index in [1.165, 1.54) is 6.42 Å². The highest BCUT2D eigenvalue weighted by Crippen LogP contribution is 2.40. The summed E-state index contributed by atoms with van der Waals surface area (Å²) in [5.74, 6) is 0.597. The minimum atomic E-state index is -3.28. The van der Waals surface area contributed by atoms with Gasteiger partial charge < -0.3 is 5.73 Å². The molecule has 5 nitrogen and oxygen atoms in total. The van der Waals surface area contributed by atoms with Crippen LogP contribution in [-0.2, 0) is 10.2 Å². The molecule has 1 aliphatic carbocycles. The van der Waals surface area contributed by atoms with Gasteiger partial charge in [0.1, 0.15) is 0 Å². The van der Waals surface area contributed by atoms with Gasteiger partial charge in [-0.25, -0.2) is 0 Å². The molecule has 0 aromatic rings.